The molecule has 2 heterocycles. The highest BCUT2D eigenvalue weighted by Crippen LogP contribution is 2.27. The maximum Gasteiger partial charge on any atom is 0.320 e. The van der Waals surface area contributed by atoms with Gasteiger partial charge in [-0.1, -0.05) is 0 Å². The third-order valence-electron chi connectivity index (χ3n) is 3.09. The van der Waals surface area contributed by atoms with Crippen LogP contribution in [0.15, 0.2) is 18.6 Å². The first-order valence-corrected chi connectivity index (χ1v) is 5.44. The summed E-state index contributed by atoms with van der Waals surface area (Å²) in [7, 11) is 0. The molecule has 1 N–H and O–H groups in total. The van der Waals surface area contributed by atoms with Crippen LogP contribution in [0, 0.1) is 0 Å². The Bertz CT molecular complexity index is 369. The standard InChI is InChI=1S/C11H15N3O2/c1-8(9-7-12-4-5-13-9)14-6-2-3-10(14)11(15)16/h4-5,7-8,10H,2-3,6H2,1H3,(H,15,16). The SMILES string of the molecule is CC(c1cnccn1)N1CCCC1C(=O)O. The summed E-state index contributed by atoms with van der Waals surface area (Å²) in [4.78, 5) is 21.3. The predicted molar refractivity (Wildman–Crippen MR) is 57.8 cm³/mol. The highest BCUT2D eigenvalue weighted by Gasteiger charge is 2.34. The first-order valence-electron chi connectivity index (χ1n) is 5.44. The van der Waals surface area contributed by atoms with E-state index in [1.165, 1.54) is 0 Å². The van der Waals surface area contributed by atoms with E-state index in [2.05, 4.69) is 9.97 Å². The molecule has 0 spiro atoms. The van der Waals surface area contributed by atoms with Crippen LogP contribution >= 0.6 is 0 Å². The molecule has 5 heteroatoms. The lowest BCUT2D eigenvalue weighted by atomic mass is 10.1. The third-order valence-corrected chi connectivity index (χ3v) is 3.09. The fraction of sp³-hybridized carbons (Fsp3) is 0.545. The molecule has 0 aliphatic carbocycles. The minimum Gasteiger partial charge on any atom is -0.480 e. The molecule has 86 valence electrons. The van der Waals surface area contributed by atoms with Gasteiger partial charge in [-0.15, -0.1) is 0 Å². The smallest absolute Gasteiger partial charge is 0.320 e. The van der Waals surface area contributed by atoms with Crippen LogP contribution in [-0.4, -0.2) is 38.5 Å². The lowest BCUT2D eigenvalue weighted by molar-refractivity contribution is -0.142. The van der Waals surface area contributed by atoms with E-state index in [0.717, 1.165) is 25.1 Å². The molecule has 0 saturated carbocycles. The Labute approximate surface area is 94.1 Å². The predicted octanol–water partition coefficient (Wildman–Crippen LogP) is 1.09. The summed E-state index contributed by atoms with van der Waals surface area (Å²) < 4.78 is 0. The van der Waals surface area contributed by atoms with E-state index in [0.29, 0.717) is 0 Å². The molecule has 2 atom stereocenters. The molecular weight excluding hydrogens is 206 g/mol. The highest BCUT2D eigenvalue weighted by molar-refractivity contribution is 5.73. The molecule has 1 saturated heterocycles. The number of carboxylic acids is 1. The Morgan fingerprint density at radius 3 is 3.06 bits per heavy atom. The molecule has 1 aromatic rings. The van der Waals surface area contributed by atoms with Gasteiger partial charge in [-0.2, -0.15) is 0 Å². The molecule has 0 aromatic carbocycles. The van der Waals surface area contributed by atoms with Gasteiger partial charge >= 0.3 is 5.97 Å². The van der Waals surface area contributed by atoms with Crippen molar-refractivity contribution >= 4 is 5.97 Å². The molecule has 2 rings (SSSR count). The maximum atomic E-state index is 11.1. The van der Waals surface area contributed by atoms with Crippen LogP contribution in [0.1, 0.15) is 31.5 Å². The summed E-state index contributed by atoms with van der Waals surface area (Å²) in [6, 6.07) is -0.366. The van der Waals surface area contributed by atoms with Crippen molar-refractivity contribution in [2.45, 2.75) is 31.8 Å². The van der Waals surface area contributed by atoms with Crippen molar-refractivity contribution in [1.29, 1.82) is 0 Å². The molecule has 0 bridgehead atoms. The minimum atomic E-state index is -0.742. The van der Waals surface area contributed by atoms with Gasteiger partial charge in [-0.25, -0.2) is 0 Å². The Morgan fingerprint density at radius 1 is 1.62 bits per heavy atom. The summed E-state index contributed by atoms with van der Waals surface area (Å²) in [6.07, 6.45) is 6.61. The molecular formula is C11H15N3O2. The average Bonchev–Trinajstić information content (AvgIpc) is 2.78. The second kappa shape index (κ2) is 4.57. The van der Waals surface area contributed by atoms with Gasteiger partial charge in [0, 0.05) is 18.6 Å². The van der Waals surface area contributed by atoms with Crippen molar-refractivity contribution in [2.24, 2.45) is 0 Å². The number of aliphatic carboxylic acids is 1. The number of carboxylic acid groups (broad SMARTS) is 1. The molecule has 1 fully saturated rings. The minimum absolute atomic E-state index is 0.0114. The van der Waals surface area contributed by atoms with Gasteiger partial charge in [0.25, 0.3) is 0 Å². The fourth-order valence-electron chi connectivity index (χ4n) is 2.21. The molecule has 1 aliphatic heterocycles. The van der Waals surface area contributed by atoms with Gasteiger partial charge in [0.1, 0.15) is 6.04 Å². The van der Waals surface area contributed by atoms with E-state index < -0.39 is 5.97 Å². The van der Waals surface area contributed by atoms with Crippen LogP contribution in [0.5, 0.6) is 0 Å². The summed E-state index contributed by atoms with van der Waals surface area (Å²) >= 11 is 0. The maximum absolute atomic E-state index is 11.1. The van der Waals surface area contributed by atoms with Gasteiger partial charge < -0.3 is 5.11 Å². The van der Waals surface area contributed by atoms with Crippen molar-refractivity contribution in [3.05, 3.63) is 24.3 Å². The molecule has 0 radical (unpaired) electrons. The number of hydrogen-bond donors (Lipinski definition) is 1. The fourth-order valence-corrected chi connectivity index (χ4v) is 2.21. The normalized spacial score (nSPS) is 23.2. The average molecular weight is 221 g/mol. The van der Waals surface area contributed by atoms with E-state index in [4.69, 9.17) is 5.11 Å². The van der Waals surface area contributed by atoms with E-state index in [9.17, 15) is 4.79 Å². The second-order valence-corrected chi connectivity index (χ2v) is 4.04. The van der Waals surface area contributed by atoms with Crippen LogP contribution in [0.2, 0.25) is 0 Å². The summed E-state index contributed by atoms with van der Waals surface area (Å²) in [5.41, 5.74) is 0.829. The van der Waals surface area contributed by atoms with Crippen LogP contribution in [-0.2, 0) is 4.79 Å². The van der Waals surface area contributed by atoms with Crippen molar-refractivity contribution in [3.8, 4) is 0 Å². The van der Waals surface area contributed by atoms with E-state index in [-0.39, 0.29) is 12.1 Å². The summed E-state index contributed by atoms with van der Waals surface area (Å²) in [6.45, 7) is 2.79. The number of hydrogen-bond acceptors (Lipinski definition) is 4. The Morgan fingerprint density at radius 2 is 2.44 bits per heavy atom. The third kappa shape index (κ3) is 2.04. The molecule has 1 aromatic heterocycles. The first kappa shape index (κ1) is 11.0. The first-order chi connectivity index (χ1) is 7.70. The summed E-state index contributed by atoms with van der Waals surface area (Å²) in [5.74, 6) is -0.742. The van der Waals surface area contributed by atoms with Crippen molar-refractivity contribution < 1.29 is 9.90 Å². The van der Waals surface area contributed by atoms with Crippen molar-refractivity contribution in [1.82, 2.24) is 14.9 Å². The van der Waals surface area contributed by atoms with Gasteiger partial charge in [0.2, 0.25) is 0 Å². The lowest BCUT2D eigenvalue weighted by Gasteiger charge is -2.27. The Kier molecular flexibility index (Phi) is 3.14. The van der Waals surface area contributed by atoms with Crippen LogP contribution < -0.4 is 0 Å². The number of likely N-dealkylation sites (tertiary alicyclic amines) is 1. The van der Waals surface area contributed by atoms with Crippen LogP contribution in [0.3, 0.4) is 0 Å². The number of rotatable bonds is 3. The van der Waals surface area contributed by atoms with Crippen molar-refractivity contribution in [2.75, 3.05) is 6.54 Å². The van der Waals surface area contributed by atoms with Crippen LogP contribution in [0.4, 0.5) is 0 Å². The zero-order valence-corrected chi connectivity index (χ0v) is 9.21. The number of aromatic nitrogens is 2. The topological polar surface area (TPSA) is 66.3 Å². The van der Waals surface area contributed by atoms with Gasteiger partial charge in [-0.05, 0) is 26.3 Å². The molecule has 1 aliphatic rings. The van der Waals surface area contributed by atoms with E-state index in [1.807, 2.05) is 11.8 Å². The Hall–Kier alpha value is -1.49. The van der Waals surface area contributed by atoms with E-state index >= 15 is 0 Å². The monoisotopic (exact) mass is 221 g/mol. The largest absolute Gasteiger partial charge is 0.480 e. The highest BCUT2D eigenvalue weighted by atomic mass is 16.4. The lowest BCUT2D eigenvalue weighted by Crippen LogP contribution is -2.38. The zero-order chi connectivity index (χ0) is 11.5. The molecule has 0 amide bonds. The second-order valence-electron chi connectivity index (χ2n) is 4.04. The number of nitrogens with zero attached hydrogens (tertiary/aromatic N) is 3. The molecule has 2 unspecified atom stereocenters. The molecule has 16 heavy (non-hydrogen) atoms. The van der Waals surface area contributed by atoms with Gasteiger partial charge in [0.15, 0.2) is 0 Å². The van der Waals surface area contributed by atoms with Crippen LogP contribution in [0.25, 0.3) is 0 Å². The van der Waals surface area contributed by atoms with Gasteiger partial charge in [0.05, 0.1) is 11.7 Å². The number of carbonyl (C=O) groups is 1. The van der Waals surface area contributed by atoms with Gasteiger partial charge in [-0.3, -0.25) is 19.7 Å². The quantitative estimate of drug-likeness (QED) is 0.827. The van der Waals surface area contributed by atoms with Crippen molar-refractivity contribution in [3.63, 3.8) is 0 Å². The Balaban J connectivity index is 2.15. The molecule has 5 nitrogen and oxygen atoms in total. The van der Waals surface area contributed by atoms with E-state index in [1.54, 1.807) is 18.6 Å². The zero-order valence-electron chi connectivity index (χ0n) is 9.21. The summed E-state index contributed by atoms with van der Waals surface area (Å²) in [5, 5.41) is 9.10.